The van der Waals surface area contributed by atoms with Gasteiger partial charge in [0.2, 0.25) is 0 Å². The minimum absolute atomic E-state index is 0.221. The largest absolute Gasteiger partial charge is 0.454 e. The average Bonchev–Trinajstić information content (AvgIpc) is 2.79. The second-order valence-corrected chi connectivity index (χ2v) is 9.82. The lowest BCUT2D eigenvalue weighted by Gasteiger charge is -2.35. The van der Waals surface area contributed by atoms with Crippen LogP contribution in [-0.4, -0.2) is 25.2 Å². The third-order valence-electron chi connectivity index (χ3n) is 5.49. The van der Waals surface area contributed by atoms with Gasteiger partial charge in [0.15, 0.2) is 9.84 Å². The number of hydrogen-bond acceptors (Lipinski definition) is 4. The lowest BCUT2D eigenvalue weighted by molar-refractivity contribution is -0.0134. The van der Waals surface area contributed by atoms with Gasteiger partial charge in [0.1, 0.15) is 10.9 Å². The van der Waals surface area contributed by atoms with E-state index < -0.39 is 26.7 Å². The summed E-state index contributed by atoms with van der Waals surface area (Å²) in [7, 11) is -3.71. The van der Waals surface area contributed by atoms with Crippen molar-refractivity contribution in [2.75, 3.05) is 0 Å². The quantitative estimate of drug-likeness (QED) is 0.474. The van der Waals surface area contributed by atoms with Gasteiger partial charge in [-0.15, -0.1) is 0 Å². The van der Waals surface area contributed by atoms with Gasteiger partial charge in [0.25, 0.3) is 0 Å². The number of carbonyl (C=O) groups excluding carboxylic acids is 1. The zero-order chi connectivity index (χ0) is 21.6. The Bertz CT molecular complexity index is 1060. The summed E-state index contributed by atoms with van der Waals surface area (Å²) in [6.45, 7) is 3.33. The van der Waals surface area contributed by atoms with Crippen molar-refractivity contribution >= 4 is 15.8 Å². The number of hydrogen-bond donors (Lipinski definition) is 0. The second kappa shape index (κ2) is 9.26. The van der Waals surface area contributed by atoms with Crippen LogP contribution in [-0.2, 0) is 21.0 Å². The molecule has 0 aliphatic heterocycles. The molecule has 0 N–H and O–H groups in total. The van der Waals surface area contributed by atoms with Crippen molar-refractivity contribution in [2.24, 2.45) is 0 Å². The minimum Gasteiger partial charge on any atom is -0.454 e. The molecule has 0 aromatic heterocycles. The first-order valence-electron chi connectivity index (χ1n) is 9.94. The predicted molar refractivity (Wildman–Crippen MR) is 118 cm³/mol. The van der Waals surface area contributed by atoms with Crippen molar-refractivity contribution in [2.45, 2.75) is 42.4 Å². The summed E-state index contributed by atoms with van der Waals surface area (Å²) in [6.07, 6.45) is 0.969. The molecule has 156 valence electrons. The zero-order valence-electron chi connectivity index (χ0n) is 17.2. The molecular formula is C25H26O4S. The fraction of sp³-hybridized carbons (Fsp3) is 0.240. The number of ether oxygens (including phenoxy) is 1. The Balaban J connectivity index is 1.92. The molecule has 3 aromatic carbocycles. The first kappa shape index (κ1) is 21.8. The highest BCUT2D eigenvalue weighted by atomic mass is 32.2. The van der Waals surface area contributed by atoms with Crippen LogP contribution in [0.25, 0.3) is 0 Å². The molecule has 30 heavy (non-hydrogen) atoms. The number of sulfone groups is 1. The van der Waals surface area contributed by atoms with Crippen molar-refractivity contribution in [3.63, 3.8) is 0 Å². The summed E-state index contributed by atoms with van der Waals surface area (Å²) in [5.41, 5.74) is 0.244. The Labute approximate surface area is 178 Å². The molecule has 5 heteroatoms. The number of aryl methyl sites for hydroxylation is 1. The average molecular weight is 423 g/mol. The van der Waals surface area contributed by atoms with Crippen LogP contribution < -0.4 is 0 Å². The Hall–Kier alpha value is -2.92. The summed E-state index contributed by atoms with van der Waals surface area (Å²) in [5, 5.41) is -0.927. The number of carbonyl (C=O) groups is 1. The Morgan fingerprint density at radius 3 is 1.93 bits per heavy atom. The predicted octanol–water partition coefficient (Wildman–Crippen LogP) is 5.10. The van der Waals surface area contributed by atoms with Gasteiger partial charge in [-0.05, 0) is 56.5 Å². The van der Waals surface area contributed by atoms with Crippen LogP contribution in [0.5, 0.6) is 0 Å². The van der Waals surface area contributed by atoms with Gasteiger partial charge >= 0.3 is 5.97 Å². The van der Waals surface area contributed by atoms with Crippen molar-refractivity contribution < 1.29 is 17.9 Å². The van der Waals surface area contributed by atoms with Gasteiger partial charge in [-0.3, -0.25) is 0 Å². The molecule has 4 nitrogen and oxygen atoms in total. The highest BCUT2D eigenvalue weighted by molar-refractivity contribution is 7.92. The lowest BCUT2D eigenvalue weighted by atomic mass is 9.93. The van der Waals surface area contributed by atoms with Crippen molar-refractivity contribution in [3.8, 4) is 0 Å². The number of esters is 1. The monoisotopic (exact) mass is 422 g/mol. The number of rotatable bonds is 8. The van der Waals surface area contributed by atoms with E-state index in [1.165, 1.54) is 0 Å². The molecule has 0 radical (unpaired) electrons. The maximum atomic E-state index is 13.3. The first-order valence-corrected chi connectivity index (χ1v) is 11.5. The standard InChI is InChI=1S/C25H26O4S/c1-20(30(27,28)23-16-10-5-11-17-23)25(2,19-18-21-12-6-3-7-13-21)29-24(26)22-14-8-4-9-15-22/h3-17,20H,18-19H2,1-2H3. The molecule has 2 unspecified atom stereocenters. The van der Waals surface area contributed by atoms with Gasteiger partial charge in [0.05, 0.1) is 10.5 Å². The Morgan fingerprint density at radius 2 is 1.37 bits per heavy atom. The number of benzene rings is 3. The Morgan fingerprint density at radius 1 is 0.867 bits per heavy atom. The summed E-state index contributed by atoms with van der Waals surface area (Å²) < 4.78 is 32.5. The molecule has 0 aliphatic rings. The molecule has 0 saturated carbocycles. The summed E-state index contributed by atoms with van der Waals surface area (Å²) in [5.74, 6) is -0.527. The van der Waals surface area contributed by atoms with E-state index in [9.17, 15) is 13.2 Å². The molecule has 2 atom stereocenters. The molecule has 3 rings (SSSR count). The molecule has 0 fully saturated rings. The van der Waals surface area contributed by atoms with Crippen LogP contribution in [0.4, 0.5) is 0 Å². The van der Waals surface area contributed by atoms with Crippen LogP contribution >= 0.6 is 0 Å². The minimum atomic E-state index is -3.71. The maximum absolute atomic E-state index is 13.3. The van der Waals surface area contributed by atoms with E-state index in [1.807, 2.05) is 36.4 Å². The molecule has 0 aliphatic carbocycles. The lowest BCUT2D eigenvalue weighted by Crippen LogP contribution is -2.46. The topological polar surface area (TPSA) is 60.4 Å². The van der Waals surface area contributed by atoms with E-state index in [0.29, 0.717) is 18.4 Å². The van der Waals surface area contributed by atoms with E-state index in [-0.39, 0.29) is 4.90 Å². The molecule has 0 amide bonds. The molecule has 0 bridgehead atoms. The third-order valence-corrected chi connectivity index (χ3v) is 7.84. The van der Waals surface area contributed by atoms with E-state index in [4.69, 9.17) is 4.74 Å². The third kappa shape index (κ3) is 4.97. The van der Waals surface area contributed by atoms with Crippen molar-refractivity contribution in [1.82, 2.24) is 0 Å². The molecule has 0 spiro atoms. The summed E-state index contributed by atoms with van der Waals surface area (Å²) in [6, 6.07) is 26.7. The zero-order valence-corrected chi connectivity index (χ0v) is 18.0. The van der Waals surface area contributed by atoms with E-state index >= 15 is 0 Å². The van der Waals surface area contributed by atoms with Crippen LogP contribution in [0, 0.1) is 0 Å². The molecule has 0 saturated heterocycles. The van der Waals surface area contributed by atoms with E-state index in [2.05, 4.69) is 0 Å². The van der Waals surface area contributed by atoms with Crippen LogP contribution in [0.1, 0.15) is 36.2 Å². The summed E-state index contributed by atoms with van der Waals surface area (Å²) in [4.78, 5) is 13.0. The fourth-order valence-electron chi connectivity index (χ4n) is 3.36. The van der Waals surface area contributed by atoms with Crippen molar-refractivity contribution in [3.05, 3.63) is 102 Å². The van der Waals surface area contributed by atoms with Gasteiger partial charge in [-0.2, -0.15) is 0 Å². The van der Waals surface area contributed by atoms with Crippen molar-refractivity contribution in [1.29, 1.82) is 0 Å². The maximum Gasteiger partial charge on any atom is 0.338 e. The molecular weight excluding hydrogens is 396 g/mol. The van der Waals surface area contributed by atoms with Gasteiger partial charge in [-0.1, -0.05) is 66.7 Å². The Kier molecular flexibility index (Phi) is 6.73. The van der Waals surface area contributed by atoms with Crippen LogP contribution in [0.15, 0.2) is 95.9 Å². The van der Waals surface area contributed by atoms with Crippen LogP contribution in [0.3, 0.4) is 0 Å². The van der Waals surface area contributed by atoms with E-state index in [0.717, 1.165) is 5.56 Å². The molecule has 3 aromatic rings. The highest BCUT2D eigenvalue weighted by Crippen LogP contribution is 2.32. The highest BCUT2D eigenvalue weighted by Gasteiger charge is 2.43. The molecule has 0 heterocycles. The second-order valence-electron chi connectivity index (χ2n) is 7.55. The first-order chi connectivity index (χ1) is 14.3. The normalized spacial score (nSPS) is 14.5. The van der Waals surface area contributed by atoms with Crippen LogP contribution in [0.2, 0.25) is 0 Å². The van der Waals surface area contributed by atoms with E-state index in [1.54, 1.807) is 68.4 Å². The SMILES string of the molecule is CC(C(C)(CCc1ccccc1)OC(=O)c1ccccc1)S(=O)(=O)c1ccccc1. The van der Waals surface area contributed by atoms with Gasteiger partial charge in [0, 0.05) is 0 Å². The fourth-order valence-corrected chi connectivity index (χ4v) is 5.13. The van der Waals surface area contributed by atoms with Gasteiger partial charge < -0.3 is 4.74 Å². The summed E-state index contributed by atoms with van der Waals surface area (Å²) >= 11 is 0. The smallest absolute Gasteiger partial charge is 0.338 e. The van der Waals surface area contributed by atoms with Gasteiger partial charge in [-0.25, -0.2) is 13.2 Å².